The van der Waals surface area contributed by atoms with Gasteiger partial charge < -0.3 is 10.3 Å². The molecule has 0 aliphatic carbocycles. The van der Waals surface area contributed by atoms with Crippen LogP contribution in [0.1, 0.15) is 28.4 Å². The highest BCUT2D eigenvalue weighted by atomic mass is 16.1. The minimum absolute atomic E-state index is 0.189. The third-order valence-corrected chi connectivity index (χ3v) is 5.19. The van der Waals surface area contributed by atoms with E-state index in [2.05, 4.69) is 51.8 Å². The summed E-state index contributed by atoms with van der Waals surface area (Å²) < 4.78 is 0. The summed E-state index contributed by atoms with van der Waals surface area (Å²) in [6.45, 7) is 2.67. The van der Waals surface area contributed by atoms with E-state index in [0.29, 0.717) is 18.1 Å². The lowest BCUT2D eigenvalue weighted by Gasteiger charge is -2.13. The predicted octanol–water partition coefficient (Wildman–Crippen LogP) is 5.17. The quantitative estimate of drug-likeness (QED) is 0.303. The average Bonchev–Trinajstić information content (AvgIpc) is 3.23. The second-order valence-corrected chi connectivity index (χ2v) is 7.34. The number of H-pyrrole nitrogens is 1. The summed E-state index contributed by atoms with van der Waals surface area (Å²) in [5, 5.41) is 7.42. The van der Waals surface area contributed by atoms with E-state index in [-0.39, 0.29) is 5.91 Å². The zero-order valence-corrected chi connectivity index (χ0v) is 17.6. The Labute approximate surface area is 182 Å². The number of aryl methyl sites for hydroxylation is 1. The number of guanidine groups is 1. The first-order valence-corrected chi connectivity index (χ1v) is 10.5. The van der Waals surface area contributed by atoms with Crippen LogP contribution in [0.4, 0.5) is 5.69 Å². The lowest BCUT2D eigenvalue weighted by Crippen LogP contribution is -2.36. The van der Waals surface area contributed by atoms with Gasteiger partial charge in [-0.1, -0.05) is 55.5 Å². The van der Waals surface area contributed by atoms with Crippen LogP contribution in [0.25, 0.3) is 10.9 Å². The van der Waals surface area contributed by atoms with Gasteiger partial charge in [0.05, 0.1) is 0 Å². The number of aliphatic imine (C=N–C) groups is 1. The van der Waals surface area contributed by atoms with Crippen molar-refractivity contribution in [3.05, 3.63) is 102 Å². The highest BCUT2D eigenvalue weighted by molar-refractivity contribution is 6.10. The molecule has 3 aromatic carbocycles. The molecule has 0 atom stereocenters. The Hall–Kier alpha value is -3.86. The van der Waals surface area contributed by atoms with E-state index in [4.69, 9.17) is 0 Å². The van der Waals surface area contributed by atoms with Crippen LogP contribution in [-0.4, -0.2) is 23.4 Å². The van der Waals surface area contributed by atoms with Crippen LogP contribution >= 0.6 is 0 Å². The Balaban J connectivity index is 1.52. The number of aromatic amines is 1. The van der Waals surface area contributed by atoms with Crippen molar-refractivity contribution in [3.63, 3.8) is 0 Å². The van der Waals surface area contributed by atoms with Crippen molar-refractivity contribution in [2.75, 3.05) is 11.9 Å². The van der Waals surface area contributed by atoms with Gasteiger partial charge in [0.25, 0.3) is 5.91 Å². The molecule has 0 spiro atoms. The number of aromatic nitrogens is 1. The maximum atomic E-state index is 12.7. The summed E-state index contributed by atoms with van der Waals surface area (Å²) >= 11 is 0. The summed E-state index contributed by atoms with van der Waals surface area (Å²) in [7, 11) is 0. The van der Waals surface area contributed by atoms with E-state index < -0.39 is 0 Å². The minimum Gasteiger partial charge on any atom is -0.361 e. The van der Waals surface area contributed by atoms with Crippen molar-refractivity contribution < 1.29 is 4.79 Å². The molecular formula is C26H26N4O. The van der Waals surface area contributed by atoms with Gasteiger partial charge in [-0.2, -0.15) is 0 Å². The average molecular weight is 411 g/mol. The molecule has 1 aromatic heterocycles. The molecule has 0 fully saturated rings. The predicted molar refractivity (Wildman–Crippen MR) is 128 cm³/mol. The van der Waals surface area contributed by atoms with Crippen LogP contribution in [0.5, 0.6) is 0 Å². The molecule has 1 amide bonds. The largest absolute Gasteiger partial charge is 0.361 e. The van der Waals surface area contributed by atoms with E-state index in [9.17, 15) is 4.79 Å². The molecule has 4 aromatic rings. The summed E-state index contributed by atoms with van der Waals surface area (Å²) in [5.74, 6) is 0.257. The normalized spacial score (nSPS) is 11.5. The molecule has 4 rings (SSSR count). The molecule has 5 nitrogen and oxygen atoms in total. The molecule has 3 N–H and O–H groups in total. The Morgan fingerprint density at radius 3 is 2.61 bits per heavy atom. The number of para-hydroxylation sites is 1. The van der Waals surface area contributed by atoms with Crippen molar-refractivity contribution in [1.82, 2.24) is 10.3 Å². The lowest BCUT2D eigenvalue weighted by atomic mass is 10.1. The number of carbonyl (C=O) groups is 1. The molecule has 0 radical (unpaired) electrons. The molecule has 0 unspecified atom stereocenters. The number of carbonyl (C=O) groups excluding carboxylic acids is 1. The maximum absolute atomic E-state index is 12.7. The number of amides is 1. The molecule has 0 saturated carbocycles. The smallest absolute Gasteiger partial charge is 0.257 e. The van der Waals surface area contributed by atoms with Crippen LogP contribution in [0.15, 0.2) is 90.1 Å². The van der Waals surface area contributed by atoms with Crippen LogP contribution < -0.4 is 10.6 Å². The van der Waals surface area contributed by atoms with Gasteiger partial charge in [-0.05, 0) is 54.3 Å². The molecule has 0 bridgehead atoms. The number of anilines is 1. The first-order valence-electron chi connectivity index (χ1n) is 10.5. The van der Waals surface area contributed by atoms with Crippen LogP contribution in [0.2, 0.25) is 0 Å². The number of hydrogen-bond acceptors (Lipinski definition) is 2. The molecule has 156 valence electrons. The van der Waals surface area contributed by atoms with E-state index in [1.807, 2.05) is 48.7 Å². The monoisotopic (exact) mass is 410 g/mol. The minimum atomic E-state index is -0.189. The first kappa shape index (κ1) is 20.4. The Kier molecular flexibility index (Phi) is 6.43. The second kappa shape index (κ2) is 9.76. The molecule has 5 heteroatoms. The number of rotatable bonds is 6. The summed E-state index contributed by atoms with van der Waals surface area (Å²) in [6.07, 6.45) is 3.74. The zero-order chi connectivity index (χ0) is 21.5. The molecular weight excluding hydrogens is 384 g/mol. The fourth-order valence-corrected chi connectivity index (χ4v) is 3.51. The fourth-order valence-electron chi connectivity index (χ4n) is 3.51. The number of hydrogen-bond donors (Lipinski definition) is 3. The van der Waals surface area contributed by atoms with Crippen molar-refractivity contribution >= 4 is 28.5 Å². The summed E-state index contributed by atoms with van der Waals surface area (Å²) in [5.41, 5.74) is 5.04. The maximum Gasteiger partial charge on any atom is 0.257 e. The SMILES string of the molecule is CCc1cccc(NC(=NCCc2c[nH]c3ccccc23)NC(=O)c2ccccc2)c1. The van der Waals surface area contributed by atoms with Gasteiger partial charge >= 0.3 is 0 Å². The van der Waals surface area contributed by atoms with Gasteiger partial charge in [0.2, 0.25) is 5.96 Å². The third-order valence-electron chi connectivity index (χ3n) is 5.19. The van der Waals surface area contributed by atoms with Gasteiger partial charge in [0.1, 0.15) is 0 Å². The van der Waals surface area contributed by atoms with Gasteiger partial charge in [-0.3, -0.25) is 15.1 Å². The number of fused-ring (bicyclic) bond motifs is 1. The van der Waals surface area contributed by atoms with Crippen LogP contribution in [-0.2, 0) is 12.8 Å². The Morgan fingerprint density at radius 2 is 1.77 bits per heavy atom. The highest BCUT2D eigenvalue weighted by Gasteiger charge is 2.10. The van der Waals surface area contributed by atoms with Crippen LogP contribution in [0, 0.1) is 0 Å². The summed E-state index contributed by atoms with van der Waals surface area (Å²) in [4.78, 5) is 20.7. The summed E-state index contributed by atoms with van der Waals surface area (Å²) in [6, 6.07) is 25.5. The fraction of sp³-hybridized carbons (Fsp3) is 0.154. The number of benzene rings is 3. The number of nitrogens with one attached hydrogen (secondary N) is 3. The van der Waals surface area contributed by atoms with Gasteiger partial charge in [0, 0.05) is 34.9 Å². The highest BCUT2D eigenvalue weighted by Crippen LogP contribution is 2.18. The Morgan fingerprint density at radius 1 is 0.968 bits per heavy atom. The molecule has 1 heterocycles. The van der Waals surface area contributed by atoms with E-state index >= 15 is 0 Å². The third kappa shape index (κ3) is 5.20. The standard InChI is InChI=1S/C26H26N4O/c1-2-19-9-8-12-22(17-19)29-26(30-25(31)20-10-4-3-5-11-20)27-16-15-21-18-28-24-14-7-6-13-23(21)24/h3-14,17-18,28H,2,15-16H2,1H3,(H2,27,29,30,31). The van der Waals surface area contributed by atoms with Gasteiger partial charge in [0.15, 0.2) is 0 Å². The zero-order valence-electron chi connectivity index (χ0n) is 17.6. The van der Waals surface area contributed by atoms with E-state index in [0.717, 1.165) is 24.0 Å². The van der Waals surface area contributed by atoms with Crippen LogP contribution in [0.3, 0.4) is 0 Å². The topological polar surface area (TPSA) is 69.3 Å². The number of nitrogens with zero attached hydrogens (tertiary/aromatic N) is 1. The lowest BCUT2D eigenvalue weighted by molar-refractivity contribution is 0.0977. The Bertz CT molecular complexity index is 1190. The van der Waals surface area contributed by atoms with Crippen molar-refractivity contribution in [1.29, 1.82) is 0 Å². The molecule has 0 saturated heterocycles. The van der Waals surface area contributed by atoms with Crippen molar-refractivity contribution in [2.45, 2.75) is 19.8 Å². The van der Waals surface area contributed by atoms with Crippen molar-refractivity contribution in [3.8, 4) is 0 Å². The van der Waals surface area contributed by atoms with Crippen molar-refractivity contribution in [2.24, 2.45) is 4.99 Å². The second-order valence-electron chi connectivity index (χ2n) is 7.34. The van der Waals surface area contributed by atoms with E-state index in [1.165, 1.54) is 16.5 Å². The first-order chi connectivity index (χ1) is 15.2. The molecule has 31 heavy (non-hydrogen) atoms. The van der Waals surface area contributed by atoms with Gasteiger partial charge in [-0.15, -0.1) is 0 Å². The molecule has 0 aliphatic rings. The molecule has 0 aliphatic heterocycles. The van der Waals surface area contributed by atoms with E-state index in [1.54, 1.807) is 12.1 Å². The van der Waals surface area contributed by atoms with Gasteiger partial charge in [-0.25, -0.2) is 0 Å².